The van der Waals surface area contributed by atoms with E-state index in [2.05, 4.69) is 25.0 Å². The fourth-order valence-corrected chi connectivity index (χ4v) is 4.79. The summed E-state index contributed by atoms with van der Waals surface area (Å²) in [5.41, 5.74) is 2.23. The molecule has 0 bridgehead atoms. The van der Waals surface area contributed by atoms with E-state index in [4.69, 9.17) is 0 Å². The zero-order valence-corrected chi connectivity index (χ0v) is 17.9. The number of hydrogen-bond donors (Lipinski definition) is 3. The fraction of sp³-hybridized carbons (Fsp3) is 0.579. The van der Waals surface area contributed by atoms with E-state index in [0.29, 0.717) is 42.7 Å². The van der Waals surface area contributed by atoms with E-state index in [1.54, 1.807) is 19.3 Å². The molecule has 31 heavy (non-hydrogen) atoms. The Morgan fingerprint density at radius 3 is 2.68 bits per heavy atom. The molecule has 1 saturated carbocycles. The summed E-state index contributed by atoms with van der Waals surface area (Å²) in [6.07, 6.45) is 1.74. The van der Waals surface area contributed by atoms with Crippen LogP contribution >= 0.6 is 0 Å². The summed E-state index contributed by atoms with van der Waals surface area (Å²) in [6.45, 7) is 0.618. The Kier molecular flexibility index (Phi) is 5.97. The number of nitrogens with one attached hydrogen (secondary N) is 3. The summed E-state index contributed by atoms with van der Waals surface area (Å²) in [5.74, 6) is 0.543. The van der Waals surface area contributed by atoms with Crippen molar-refractivity contribution in [2.24, 2.45) is 0 Å². The van der Waals surface area contributed by atoms with Crippen LogP contribution in [0.5, 0.6) is 0 Å². The van der Waals surface area contributed by atoms with Crippen LogP contribution in [0.2, 0.25) is 0 Å². The van der Waals surface area contributed by atoms with Gasteiger partial charge >= 0.3 is 6.18 Å². The summed E-state index contributed by atoms with van der Waals surface area (Å²) in [7, 11) is -3.41. The SMILES string of the molecule is CCS(=O)(=O)NCc1nc2cnc3[nH]ccc3c2n1[C@H]1CC[C@H](NCC(F)(F)F)CC1. The smallest absolute Gasteiger partial charge is 0.346 e. The predicted octanol–water partition coefficient (Wildman–Crippen LogP) is 2.99. The Hall–Kier alpha value is -2.18. The first-order chi connectivity index (χ1) is 14.7. The highest BCUT2D eigenvalue weighted by molar-refractivity contribution is 7.89. The molecular formula is C19H25F3N6O2S. The third-order valence-electron chi connectivity index (χ3n) is 5.79. The lowest BCUT2D eigenvalue weighted by Gasteiger charge is -2.31. The molecule has 3 aromatic rings. The molecule has 0 aromatic carbocycles. The monoisotopic (exact) mass is 458 g/mol. The van der Waals surface area contributed by atoms with Crippen molar-refractivity contribution in [1.29, 1.82) is 0 Å². The van der Waals surface area contributed by atoms with Crippen molar-refractivity contribution in [2.45, 2.75) is 57.4 Å². The average Bonchev–Trinajstić information content (AvgIpc) is 3.34. The molecule has 0 saturated heterocycles. The molecule has 0 aliphatic heterocycles. The molecule has 8 nitrogen and oxygen atoms in total. The van der Waals surface area contributed by atoms with Gasteiger partial charge in [-0.2, -0.15) is 13.2 Å². The van der Waals surface area contributed by atoms with Gasteiger partial charge in [0.05, 0.1) is 30.6 Å². The van der Waals surface area contributed by atoms with E-state index >= 15 is 0 Å². The molecule has 3 N–H and O–H groups in total. The summed E-state index contributed by atoms with van der Waals surface area (Å²) in [5, 5.41) is 3.48. The molecule has 3 aromatic heterocycles. The van der Waals surface area contributed by atoms with E-state index < -0.39 is 22.7 Å². The van der Waals surface area contributed by atoms with Crippen LogP contribution < -0.4 is 10.0 Å². The number of H-pyrrole nitrogens is 1. The Morgan fingerprint density at radius 1 is 1.26 bits per heavy atom. The van der Waals surface area contributed by atoms with Gasteiger partial charge in [0.2, 0.25) is 10.0 Å². The first-order valence-electron chi connectivity index (χ1n) is 10.3. The Labute approximate surface area is 177 Å². The van der Waals surface area contributed by atoms with Crippen molar-refractivity contribution in [3.05, 3.63) is 24.3 Å². The largest absolute Gasteiger partial charge is 0.401 e. The lowest BCUT2D eigenvalue weighted by Crippen LogP contribution is -2.39. The highest BCUT2D eigenvalue weighted by Gasteiger charge is 2.31. The fourth-order valence-electron chi connectivity index (χ4n) is 4.23. The number of aromatic nitrogens is 4. The topological polar surface area (TPSA) is 105 Å². The second-order valence-electron chi connectivity index (χ2n) is 7.86. The summed E-state index contributed by atoms with van der Waals surface area (Å²) >= 11 is 0. The van der Waals surface area contributed by atoms with Crippen molar-refractivity contribution < 1.29 is 21.6 Å². The maximum Gasteiger partial charge on any atom is 0.401 e. The van der Waals surface area contributed by atoms with E-state index in [1.165, 1.54) is 0 Å². The van der Waals surface area contributed by atoms with E-state index in [9.17, 15) is 21.6 Å². The van der Waals surface area contributed by atoms with Crippen LogP contribution in [0.25, 0.3) is 22.1 Å². The summed E-state index contributed by atoms with van der Waals surface area (Å²) in [4.78, 5) is 12.1. The quantitative estimate of drug-likeness (QED) is 0.505. The third kappa shape index (κ3) is 4.85. The Bertz CT molecular complexity index is 1160. The predicted molar refractivity (Wildman–Crippen MR) is 111 cm³/mol. The zero-order valence-electron chi connectivity index (χ0n) is 17.0. The Balaban J connectivity index is 1.63. The van der Waals surface area contributed by atoms with Crippen LogP contribution in [0.3, 0.4) is 0 Å². The third-order valence-corrected chi connectivity index (χ3v) is 7.13. The lowest BCUT2D eigenvalue weighted by molar-refractivity contribution is -0.126. The molecule has 4 rings (SSSR count). The number of sulfonamides is 1. The normalized spacial score (nSPS) is 20.6. The molecule has 0 atom stereocenters. The minimum atomic E-state index is -4.23. The van der Waals surface area contributed by atoms with Crippen LogP contribution in [0.1, 0.15) is 44.5 Å². The van der Waals surface area contributed by atoms with E-state index in [-0.39, 0.29) is 24.4 Å². The summed E-state index contributed by atoms with van der Waals surface area (Å²) < 4.78 is 66.2. The number of fused-ring (bicyclic) bond motifs is 3. The van der Waals surface area contributed by atoms with Crippen LogP contribution in [-0.2, 0) is 16.6 Å². The molecule has 1 aliphatic carbocycles. The lowest BCUT2D eigenvalue weighted by atomic mass is 9.90. The number of imidazole rings is 1. The molecule has 0 amide bonds. The van der Waals surface area contributed by atoms with Gasteiger partial charge in [-0.3, -0.25) is 0 Å². The van der Waals surface area contributed by atoms with Crippen molar-refractivity contribution >= 4 is 32.1 Å². The molecular weight excluding hydrogens is 433 g/mol. The number of aromatic amines is 1. The number of hydrogen-bond acceptors (Lipinski definition) is 5. The van der Waals surface area contributed by atoms with Gasteiger partial charge in [0.1, 0.15) is 17.0 Å². The van der Waals surface area contributed by atoms with Gasteiger partial charge in [-0.05, 0) is 38.7 Å². The molecule has 0 radical (unpaired) electrons. The number of halogens is 3. The van der Waals surface area contributed by atoms with E-state index in [0.717, 1.165) is 10.9 Å². The zero-order chi connectivity index (χ0) is 22.2. The van der Waals surface area contributed by atoms with Gasteiger partial charge in [0, 0.05) is 23.7 Å². The van der Waals surface area contributed by atoms with Crippen molar-refractivity contribution in [2.75, 3.05) is 12.3 Å². The van der Waals surface area contributed by atoms with Gasteiger partial charge in [-0.1, -0.05) is 0 Å². The van der Waals surface area contributed by atoms with Gasteiger partial charge in [-0.15, -0.1) is 0 Å². The highest BCUT2D eigenvalue weighted by Crippen LogP contribution is 2.35. The second kappa shape index (κ2) is 8.40. The van der Waals surface area contributed by atoms with Crippen molar-refractivity contribution in [3.8, 4) is 0 Å². The minimum Gasteiger partial charge on any atom is -0.346 e. The molecule has 0 spiro atoms. The molecule has 12 heteroatoms. The molecule has 3 heterocycles. The summed E-state index contributed by atoms with van der Waals surface area (Å²) in [6, 6.07) is 1.72. The maximum atomic E-state index is 12.5. The van der Waals surface area contributed by atoms with Crippen molar-refractivity contribution in [1.82, 2.24) is 29.6 Å². The number of alkyl halides is 3. The van der Waals surface area contributed by atoms with Crippen LogP contribution in [0.15, 0.2) is 18.5 Å². The molecule has 0 unspecified atom stereocenters. The average molecular weight is 459 g/mol. The molecule has 1 aliphatic rings. The van der Waals surface area contributed by atoms with Gasteiger partial charge in [0.15, 0.2) is 0 Å². The standard InChI is InChI=1S/C19H25F3N6O2S/c1-2-31(29,30)26-10-16-27-15-9-24-18-14(7-8-23-18)17(15)28(16)13-5-3-12(4-6-13)25-11-19(20,21)22/h7-9,12-13,25-26H,2-6,10-11H2,1H3,(H,23,24)/t12-,13-. The maximum absolute atomic E-state index is 12.5. The van der Waals surface area contributed by atoms with Gasteiger partial charge in [0.25, 0.3) is 0 Å². The van der Waals surface area contributed by atoms with E-state index in [1.807, 2.05) is 10.6 Å². The Morgan fingerprint density at radius 2 is 2.00 bits per heavy atom. The van der Waals surface area contributed by atoms with Crippen molar-refractivity contribution in [3.63, 3.8) is 0 Å². The van der Waals surface area contributed by atoms with Gasteiger partial charge in [-0.25, -0.2) is 23.1 Å². The first kappa shape index (κ1) is 22.0. The van der Waals surface area contributed by atoms with Gasteiger partial charge < -0.3 is 14.9 Å². The second-order valence-corrected chi connectivity index (χ2v) is 9.95. The first-order valence-corrected chi connectivity index (χ1v) is 11.9. The number of pyridine rings is 1. The molecule has 1 fully saturated rings. The van der Waals surface area contributed by atoms with Crippen LogP contribution in [0, 0.1) is 0 Å². The number of rotatable bonds is 7. The minimum absolute atomic E-state index is 0.00978. The van der Waals surface area contributed by atoms with Crippen LogP contribution in [0.4, 0.5) is 13.2 Å². The number of nitrogens with zero attached hydrogens (tertiary/aromatic N) is 3. The molecule has 170 valence electrons. The van der Waals surface area contributed by atoms with Crippen LogP contribution in [-0.4, -0.2) is 52.5 Å². The highest BCUT2D eigenvalue weighted by atomic mass is 32.2.